The zero-order chi connectivity index (χ0) is 13.1. The number of benzene rings is 1. The highest BCUT2D eigenvalue weighted by molar-refractivity contribution is 7.09. The monoisotopic (exact) mass is 275 g/mol. The first-order valence-corrected chi connectivity index (χ1v) is 6.40. The number of anilines is 1. The number of halogens is 1. The van der Waals surface area contributed by atoms with Gasteiger partial charge in [0.25, 0.3) is 0 Å². The van der Waals surface area contributed by atoms with Crippen LogP contribution < -0.4 is 5.32 Å². The van der Waals surface area contributed by atoms with Crippen molar-refractivity contribution >= 4 is 16.7 Å². The lowest BCUT2D eigenvalue weighted by Gasteiger charge is -2.11. The Morgan fingerprint density at radius 2 is 2.26 bits per heavy atom. The molecule has 0 bridgehead atoms. The van der Waals surface area contributed by atoms with Crippen molar-refractivity contribution in [2.24, 2.45) is 0 Å². The molecule has 0 aliphatic heterocycles. The Labute approximate surface area is 112 Å². The second-order valence-electron chi connectivity index (χ2n) is 3.79. The number of nitrogens with one attached hydrogen (secondary N) is 1. The van der Waals surface area contributed by atoms with Crippen LogP contribution in [-0.4, -0.2) is 19.1 Å². The highest BCUT2D eigenvalue weighted by atomic mass is 32.1. The number of hydrogen-bond donors (Lipinski definition) is 1. The smallest absolute Gasteiger partial charge is 0.202 e. The van der Waals surface area contributed by atoms with E-state index in [1.54, 1.807) is 29.2 Å². The van der Waals surface area contributed by atoms with Crippen LogP contribution in [0.2, 0.25) is 0 Å². The molecule has 0 unspecified atom stereocenters. The summed E-state index contributed by atoms with van der Waals surface area (Å²) in [6, 6.07) is 6.73. The Kier molecular flexibility index (Phi) is 3.20. The van der Waals surface area contributed by atoms with E-state index in [0.29, 0.717) is 22.9 Å². The molecule has 0 fully saturated rings. The molecular weight excluding hydrogens is 265 g/mol. The first kappa shape index (κ1) is 11.8. The van der Waals surface area contributed by atoms with Crippen LogP contribution in [0.3, 0.4) is 0 Å². The van der Waals surface area contributed by atoms with E-state index in [0.717, 1.165) is 0 Å². The van der Waals surface area contributed by atoms with E-state index in [-0.39, 0.29) is 5.82 Å². The van der Waals surface area contributed by atoms with E-state index in [2.05, 4.69) is 19.8 Å². The Morgan fingerprint density at radius 1 is 1.32 bits per heavy atom. The van der Waals surface area contributed by atoms with Crippen molar-refractivity contribution in [3.05, 3.63) is 54.4 Å². The second kappa shape index (κ2) is 5.15. The van der Waals surface area contributed by atoms with Crippen molar-refractivity contribution in [2.75, 3.05) is 5.32 Å². The van der Waals surface area contributed by atoms with Gasteiger partial charge in [-0.15, -0.1) is 0 Å². The van der Waals surface area contributed by atoms with Crippen LogP contribution in [0, 0.1) is 5.82 Å². The predicted molar refractivity (Wildman–Crippen MR) is 70.8 cm³/mol. The Hall–Kier alpha value is -2.28. The van der Waals surface area contributed by atoms with Crippen molar-refractivity contribution in [3.8, 4) is 5.69 Å². The number of nitrogens with zero attached hydrogens (tertiary/aromatic N) is 4. The molecule has 0 amide bonds. The van der Waals surface area contributed by atoms with Gasteiger partial charge in [-0.1, -0.05) is 6.07 Å². The van der Waals surface area contributed by atoms with Gasteiger partial charge in [0.1, 0.15) is 12.1 Å². The van der Waals surface area contributed by atoms with E-state index in [9.17, 15) is 4.39 Å². The zero-order valence-electron chi connectivity index (χ0n) is 9.82. The summed E-state index contributed by atoms with van der Waals surface area (Å²) in [5.41, 5.74) is 1.25. The van der Waals surface area contributed by atoms with Crippen molar-refractivity contribution in [1.29, 1.82) is 0 Å². The summed E-state index contributed by atoms with van der Waals surface area (Å²) in [6.45, 7) is 0.330. The second-order valence-corrected chi connectivity index (χ2v) is 4.57. The van der Waals surface area contributed by atoms with Crippen LogP contribution in [0.1, 0.15) is 5.56 Å². The maximum Gasteiger partial charge on any atom is 0.202 e. The molecule has 2 aromatic heterocycles. The van der Waals surface area contributed by atoms with Gasteiger partial charge in [0.15, 0.2) is 0 Å². The van der Waals surface area contributed by atoms with Crippen LogP contribution >= 0.6 is 11.5 Å². The Morgan fingerprint density at radius 3 is 3.00 bits per heavy atom. The van der Waals surface area contributed by atoms with Gasteiger partial charge in [0.05, 0.1) is 5.69 Å². The maximum atomic E-state index is 14.0. The van der Waals surface area contributed by atoms with Gasteiger partial charge >= 0.3 is 0 Å². The molecule has 0 atom stereocenters. The standard InChI is InChI=1S/C12H10FN5S/c13-10-3-1-4-11(18-6-2-5-16-18)9(10)7-14-12-15-8-17-19-12/h1-6,8H,7H2,(H,14,15,17). The van der Waals surface area contributed by atoms with Crippen LogP contribution in [0.25, 0.3) is 5.69 Å². The molecule has 1 N–H and O–H groups in total. The summed E-state index contributed by atoms with van der Waals surface area (Å²) >= 11 is 1.23. The largest absolute Gasteiger partial charge is 0.356 e. The van der Waals surface area contributed by atoms with Crippen molar-refractivity contribution in [1.82, 2.24) is 19.1 Å². The lowest BCUT2D eigenvalue weighted by molar-refractivity contribution is 0.609. The third kappa shape index (κ3) is 2.45. The molecule has 0 aliphatic carbocycles. The lowest BCUT2D eigenvalue weighted by atomic mass is 10.1. The molecule has 3 rings (SSSR count). The minimum Gasteiger partial charge on any atom is -0.356 e. The Bertz CT molecular complexity index is 651. The Balaban J connectivity index is 1.91. The van der Waals surface area contributed by atoms with Gasteiger partial charge in [-0.2, -0.15) is 9.47 Å². The fourth-order valence-corrected chi connectivity index (χ4v) is 2.19. The average molecular weight is 275 g/mol. The summed E-state index contributed by atoms with van der Waals surface area (Å²) in [6.07, 6.45) is 4.90. The van der Waals surface area contributed by atoms with Gasteiger partial charge in [-0.3, -0.25) is 0 Å². The van der Waals surface area contributed by atoms with Crippen molar-refractivity contribution in [2.45, 2.75) is 6.54 Å². The lowest BCUT2D eigenvalue weighted by Crippen LogP contribution is -2.07. The number of hydrogen-bond acceptors (Lipinski definition) is 5. The van der Waals surface area contributed by atoms with E-state index in [1.807, 2.05) is 6.07 Å². The molecule has 7 heteroatoms. The van der Waals surface area contributed by atoms with Crippen LogP contribution in [0.5, 0.6) is 0 Å². The molecular formula is C12H10FN5S. The highest BCUT2D eigenvalue weighted by Crippen LogP contribution is 2.19. The summed E-state index contributed by atoms with van der Waals surface area (Å²) < 4.78 is 19.5. The molecule has 0 saturated carbocycles. The van der Waals surface area contributed by atoms with Gasteiger partial charge < -0.3 is 5.32 Å². The maximum absolute atomic E-state index is 14.0. The number of aromatic nitrogens is 4. The normalized spacial score (nSPS) is 10.6. The molecule has 1 aromatic carbocycles. The fourth-order valence-electron chi connectivity index (χ4n) is 1.76. The summed E-state index contributed by atoms with van der Waals surface area (Å²) in [7, 11) is 0. The van der Waals surface area contributed by atoms with E-state index in [1.165, 1.54) is 23.9 Å². The molecule has 19 heavy (non-hydrogen) atoms. The van der Waals surface area contributed by atoms with E-state index < -0.39 is 0 Å². The van der Waals surface area contributed by atoms with Crippen molar-refractivity contribution < 1.29 is 4.39 Å². The van der Waals surface area contributed by atoms with Gasteiger partial charge in [-0.25, -0.2) is 14.1 Å². The highest BCUT2D eigenvalue weighted by Gasteiger charge is 2.10. The molecule has 96 valence electrons. The quantitative estimate of drug-likeness (QED) is 0.794. The average Bonchev–Trinajstić information content (AvgIpc) is 3.10. The minimum atomic E-state index is -0.273. The van der Waals surface area contributed by atoms with E-state index in [4.69, 9.17) is 0 Å². The minimum absolute atomic E-state index is 0.273. The van der Waals surface area contributed by atoms with Crippen molar-refractivity contribution in [3.63, 3.8) is 0 Å². The third-order valence-electron chi connectivity index (χ3n) is 2.62. The third-order valence-corrected chi connectivity index (χ3v) is 3.25. The van der Waals surface area contributed by atoms with Gasteiger partial charge in [-0.05, 0) is 18.2 Å². The predicted octanol–water partition coefficient (Wildman–Crippen LogP) is 2.47. The van der Waals surface area contributed by atoms with Gasteiger partial charge in [0.2, 0.25) is 5.13 Å². The first-order valence-electron chi connectivity index (χ1n) is 5.62. The molecule has 0 saturated heterocycles. The molecule has 0 radical (unpaired) electrons. The fraction of sp³-hybridized carbons (Fsp3) is 0.0833. The zero-order valence-corrected chi connectivity index (χ0v) is 10.6. The molecule has 5 nitrogen and oxygen atoms in total. The summed E-state index contributed by atoms with van der Waals surface area (Å²) in [5, 5.41) is 7.84. The molecule has 0 aliphatic rings. The number of rotatable bonds is 4. The van der Waals surface area contributed by atoms with Crippen LogP contribution in [0.15, 0.2) is 43.0 Å². The molecule has 2 heterocycles. The SMILES string of the molecule is Fc1cccc(-n2cccn2)c1CNc1ncns1. The molecule has 3 aromatic rings. The topological polar surface area (TPSA) is 55.6 Å². The van der Waals surface area contributed by atoms with Crippen LogP contribution in [-0.2, 0) is 6.54 Å². The summed E-state index contributed by atoms with van der Waals surface area (Å²) in [4.78, 5) is 4.00. The molecule has 0 spiro atoms. The van der Waals surface area contributed by atoms with E-state index >= 15 is 0 Å². The van der Waals surface area contributed by atoms with Crippen LogP contribution in [0.4, 0.5) is 9.52 Å². The first-order chi connectivity index (χ1) is 9.34. The summed E-state index contributed by atoms with van der Waals surface area (Å²) in [5.74, 6) is -0.273. The van der Waals surface area contributed by atoms with Gasteiger partial charge in [0, 0.05) is 36.0 Å².